The van der Waals surface area contributed by atoms with E-state index >= 15 is 0 Å². The number of hydrogen-bond donors (Lipinski definition) is 2. The molecule has 1 aliphatic heterocycles. The van der Waals surface area contributed by atoms with Crippen molar-refractivity contribution in [2.24, 2.45) is 0 Å². The molecule has 3 rings (SSSR count). The lowest BCUT2D eigenvalue weighted by Gasteiger charge is -2.08. The number of halogens is 1. The van der Waals surface area contributed by atoms with Crippen molar-refractivity contribution in [1.29, 1.82) is 0 Å². The second-order valence-electron chi connectivity index (χ2n) is 5.52. The molecule has 2 N–H and O–H groups in total. The van der Waals surface area contributed by atoms with Crippen molar-refractivity contribution in [2.45, 2.75) is 12.8 Å². The summed E-state index contributed by atoms with van der Waals surface area (Å²) in [5, 5.41) is 5.23. The van der Waals surface area contributed by atoms with Crippen molar-refractivity contribution in [3.05, 3.63) is 53.8 Å². The van der Waals surface area contributed by atoms with E-state index in [2.05, 4.69) is 10.6 Å². The van der Waals surface area contributed by atoms with Gasteiger partial charge in [0.2, 0.25) is 18.6 Å². The Morgan fingerprint density at radius 2 is 1.76 bits per heavy atom. The van der Waals surface area contributed by atoms with Gasteiger partial charge in [0.05, 0.1) is 6.54 Å². The Morgan fingerprint density at radius 3 is 2.56 bits per heavy atom. The maximum atomic E-state index is 12.8. The third-order valence-corrected chi connectivity index (χ3v) is 3.66. The summed E-state index contributed by atoms with van der Waals surface area (Å²) in [5.74, 6) is 0.306. The second-order valence-corrected chi connectivity index (χ2v) is 5.52. The van der Waals surface area contributed by atoms with Gasteiger partial charge in [0.1, 0.15) is 5.82 Å². The topological polar surface area (TPSA) is 76.7 Å². The van der Waals surface area contributed by atoms with Crippen LogP contribution < -0.4 is 20.1 Å². The highest BCUT2D eigenvalue weighted by Crippen LogP contribution is 2.34. The van der Waals surface area contributed by atoms with Crippen LogP contribution in [0.1, 0.15) is 12.0 Å². The van der Waals surface area contributed by atoms with Gasteiger partial charge in [-0.1, -0.05) is 12.1 Å². The van der Waals surface area contributed by atoms with E-state index in [1.807, 2.05) is 0 Å². The highest BCUT2D eigenvalue weighted by molar-refractivity contribution is 5.94. The van der Waals surface area contributed by atoms with Crippen molar-refractivity contribution >= 4 is 17.5 Å². The molecule has 1 heterocycles. The lowest BCUT2D eigenvalue weighted by Crippen LogP contribution is -2.32. The quantitative estimate of drug-likeness (QED) is 0.843. The molecule has 25 heavy (non-hydrogen) atoms. The number of fused-ring (bicyclic) bond motifs is 1. The largest absolute Gasteiger partial charge is 0.454 e. The van der Waals surface area contributed by atoms with E-state index in [9.17, 15) is 14.0 Å². The molecule has 0 aliphatic carbocycles. The molecular weight excluding hydrogens is 327 g/mol. The smallest absolute Gasteiger partial charge is 0.243 e. The zero-order valence-corrected chi connectivity index (χ0v) is 13.4. The number of aryl methyl sites for hydroxylation is 1. The number of rotatable bonds is 6. The highest BCUT2D eigenvalue weighted by atomic mass is 19.1. The van der Waals surface area contributed by atoms with Crippen molar-refractivity contribution in [3.8, 4) is 11.5 Å². The Kier molecular flexibility index (Phi) is 5.13. The van der Waals surface area contributed by atoms with Crippen LogP contribution in [0.2, 0.25) is 0 Å². The Bertz CT molecular complexity index is 777. The van der Waals surface area contributed by atoms with E-state index in [4.69, 9.17) is 9.47 Å². The predicted molar refractivity (Wildman–Crippen MR) is 88.9 cm³/mol. The molecule has 2 aromatic carbocycles. The molecule has 6 nitrogen and oxygen atoms in total. The molecular formula is C18H17FN2O4. The van der Waals surface area contributed by atoms with Gasteiger partial charge in [-0.05, 0) is 36.2 Å². The molecule has 2 aromatic rings. The molecule has 7 heteroatoms. The average Bonchev–Trinajstić information content (AvgIpc) is 3.07. The fourth-order valence-corrected chi connectivity index (χ4v) is 2.36. The van der Waals surface area contributed by atoms with Crippen LogP contribution in [0, 0.1) is 5.82 Å². The van der Waals surface area contributed by atoms with Gasteiger partial charge < -0.3 is 20.1 Å². The number of amides is 2. The van der Waals surface area contributed by atoms with Crippen LogP contribution in [-0.4, -0.2) is 25.2 Å². The molecule has 2 amide bonds. The van der Waals surface area contributed by atoms with Crippen molar-refractivity contribution in [1.82, 2.24) is 5.32 Å². The summed E-state index contributed by atoms with van der Waals surface area (Å²) in [6.45, 7) is 0.0353. The number of carbonyl (C=O) groups is 2. The first-order chi connectivity index (χ1) is 12.1. The molecule has 0 radical (unpaired) electrons. The first-order valence-electron chi connectivity index (χ1n) is 7.81. The summed E-state index contributed by atoms with van der Waals surface area (Å²) < 4.78 is 23.2. The SMILES string of the molecule is O=C(CCc1ccc(F)cc1)NCC(=O)Nc1ccc2c(c1)OCO2. The van der Waals surface area contributed by atoms with E-state index in [0.29, 0.717) is 23.6 Å². The lowest BCUT2D eigenvalue weighted by atomic mass is 10.1. The molecule has 0 fully saturated rings. The number of hydrogen-bond acceptors (Lipinski definition) is 4. The van der Waals surface area contributed by atoms with Crippen LogP contribution in [0.3, 0.4) is 0 Å². The minimum atomic E-state index is -0.339. The van der Waals surface area contributed by atoms with Gasteiger partial charge in [-0.3, -0.25) is 9.59 Å². The van der Waals surface area contributed by atoms with Crippen LogP contribution in [0.15, 0.2) is 42.5 Å². The summed E-state index contributed by atoms with van der Waals surface area (Å²) in [7, 11) is 0. The van der Waals surface area contributed by atoms with E-state index in [1.165, 1.54) is 12.1 Å². The molecule has 1 aliphatic rings. The number of carbonyl (C=O) groups excluding carboxylic acids is 2. The van der Waals surface area contributed by atoms with Gasteiger partial charge in [-0.2, -0.15) is 0 Å². The van der Waals surface area contributed by atoms with Crippen LogP contribution >= 0.6 is 0 Å². The zero-order valence-electron chi connectivity index (χ0n) is 13.4. The monoisotopic (exact) mass is 344 g/mol. The maximum absolute atomic E-state index is 12.8. The van der Waals surface area contributed by atoms with E-state index in [-0.39, 0.29) is 37.4 Å². The van der Waals surface area contributed by atoms with E-state index in [1.54, 1.807) is 30.3 Å². The fourth-order valence-electron chi connectivity index (χ4n) is 2.36. The van der Waals surface area contributed by atoms with E-state index < -0.39 is 0 Å². The van der Waals surface area contributed by atoms with Gasteiger partial charge in [0.15, 0.2) is 11.5 Å². The molecule has 130 valence electrons. The summed E-state index contributed by atoms with van der Waals surface area (Å²) in [4.78, 5) is 23.7. The van der Waals surface area contributed by atoms with Crippen LogP contribution in [0.25, 0.3) is 0 Å². The Morgan fingerprint density at radius 1 is 1.00 bits per heavy atom. The molecule has 0 saturated heterocycles. The van der Waals surface area contributed by atoms with E-state index in [0.717, 1.165) is 5.56 Å². The van der Waals surface area contributed by atoms with Gasteiger partial charge in [0.25, 0.3) is 0 Å². The second kappa shape index (κ2) is 7.65. The van der Waals surface area contributed by atoms with Crippen molar-refractivity contribution in [2.75, 3.05) is 18.7 Å². The first kappa shape index (κ1) is 16.8. The minimum Gasteiger partial charge on any atom is -0.454 e. The number of nitrogens with one attached hydrogen (secondary N) is 2. The first-order valence-corrected chi connectivity index (χ1v) is 7.81. The van der Waals surface area contributed by atoms with Gasteiger partial charge in [-0.25, -0.2) is 4.39 Å². The number of ether oxygens (including phenoxy) is 2. The molecule has 0 atom stereocenters. The Labute approximate surface area is 143 Å². The highest BCUT2D eigenvalue weighted by Gasteiger charge is 2.14. The zero-order chi connectivity index (χ0) is 17.6. The summed E-state index contributed by atoms with van der Waals surface area (Å²) in [6.07, 6.45) is 0.707. The molecule has 0 spiro atoms. The molecule has 0 bridgehead atoms. The predicted octanol–water partition coefficient (Wildman–Crippen LogP) is 2.24. The third kappa shape index (κ3) is 4.69. The van der Waals surface area contributed by atoms with Crippen LogP contribution in [-0.2, 0) is 16.0 Å². The van der Waals surface area contributed by atoms with Gasteiger partial charge >= 0.3 is 0 Å². The fraction of sp³-hybridized carbons (Fsp3) is 0.222. The summed E-state index contributed by atoms with van der Waals surface area (Å²) in [5.41, 5.74) is 1.43. The van der Waals surface area contributed by atoms with Crippen LogP contribution in [0.5, 0.6) is 11.5 Å². The maximum Gasteiger partial charge on any atom is 0.243 e. The minimum absolute atomic E-state index is 0.128. The average molecular weight is 344 g/mol. The Hall–Kier alpha value is -3.09. The summed E-state index contributed by atoms with van der Waals surface area (Å²) >= 11 is 0. The van der Waals surface area contributed by atoms with Gasteiger partial charge in [-0.15, -0.1) is 0 Å². The molecule has 0 unspecified atom stereocenters. The van der Waals surface area contributed by atoms with Crippen LogP contribution in [0.4, 0.5) is 10.1 Å². The third-order valence-electron chi connectivity index (χ3n) is 3.66. The van der Waals surface area contributed by atoms with Crippen molar-refractivity contribution in [3.63, 3.8) is 0 Å². The number of anilines is 1. The van der Waals surface area contributed by atoms with Crippen molar-refractivity contribution < 1.29 is 23.5 Å². The molecule has 0 saturated carbocycles. The summed E-state index contributed by atoms with van der Waals surface area (Å²) in [6, 6.07) is 11.0. The lowest BCUT2D eigenvalue weighted by molar-refractivity contribution is -0.124. The Balaban J connectivity index is 1.41. The molecule has 0 aromatic heterocycles. The number of benzene rings is 2. The van der Waals surface area contributed by atoms with Gasteiger partial charge in [0, 0.05) is 18.2 Å². The normalized spacial score (nSPS) is 11.9. The standard InChI is InChI=1S/C18H17FN2O4/c19-13-4-1-12(2-5-13)3-8-17(22)20-10-18(23)21-14-6-7-15-16(9-14)25-11-24-15/h1-2,4-7,9H,3,8,10-11H2,(H,20,22)(H,21,23).